The summed E-state index contributed by atoms with van der Waals surface area (Å²) in [7, 11) is 0. The molecule has 0 aliphatic heterocycles. The van der Waals surface area contributed by atoms with E-state index in [1.54, 1.807) is 0 Å². The van der Waals surface area contributed by atoms with Gasteiger partial charge in [-0.05, 0) is 31.4 Å². The SMILES string of the molecule is C=CCC[C@H](N)c1ccc(CC)s1.Cl. The molecular weight excluding hydrogens is 214 g/mol. The molecule has 1 heterocycles. The van der Waals surface area contributed by atoms with Crippen LogP contribution in [0.4, 0.5) is 0 Å². The zero-order valence-electron chi connectivity index (χ0n) is 8.53. The van der Waals surface area contributed by atoms with Crippen molar-refractivity contribution in [2.75, 3.05) is 0 Å². The first-order valence-corrected chi connectivity index (χ1v) is 5.54. The van der Waals surface area contributed by atoms with E-state index in [1.807, 2.05) is 17.4 Å². The van der Waals surface area contributed by atoms with Crippen molar-refractivity contribution in [1.82, 2.24) is 0 Å². The third-order valence-corrected chi connectivity index (χ3v) is 3.44. The Morgan fingerprint density at radius 3 is 2.79 bits per heavy atom. The van der Waals surface area contributed by atoms with Gasteiger partial charge in [-0.2, -0.15) is 0 Å². The molecule has 0 bridgehead atoms. The van der Waals surface area contributed by atoms with Gasteiger partial charge in [0, 0.05) is 15.8 Å². The summed E-state index contributed by atoms with van der Waals surface area (Å²) in [6.07, 6.45) is 5.04. The van der Waals surface area contributed by atoms with Crippen molar-refractivity contribution in [2.24, 2.45) is 5.73 Å². The molecule has 0 unspecified atom stereocenters. The van der Waals surface area contributed by atoms with E-state index in [0.717, 1.165) is 19.3 Å². The minimum absolute atomic E-state index is 0. The molecule has 0 amide bonds. The van der Waals surface area contributed by atoms with Crippen LogP contribution in [0.1, 0.15) is 35.6 Å². The maximum atomic E-state index is 6.01. The molecule has 2 N–H and O–H groups in total. The van der Waals surface area contributed by atoms with Crippen LogP contribution in [0.5, 0.6) is 0 Å². The van der Waals surface area contributed by atoms with Crippen LogP contribution < -0.4 is 5.73 Å². The summed E-state index contributed by atoms with van der Waals surface area (Å²) in [4.78, 5) is 2.72. The van der Waals surface area contributed by atoms with E-state index >= 15 is 0 Å². The Bertz CT molecular complexity index is 270. The highest BCUT2D eigenvalue weighted by Crippen LogP contribution is 2.24. The fourth-order valence-electron chi connectivity index (χ4n) is 1.22. The average Bonchev–Trinajstić information content (AvgIpc) is 2.62. The highest BCUT2D eigenvalue weighted by atomic mass is 35.5. The van der Waals surface area contributed by atoms with Crippen LogP contribution in [0.2, 0.25) is 0 Å². The molecule has 0 aromatic carbocycles. The van der Waals surface area contributed by atoms with Crippen LogP contribution in [0.15, 0.2) is 24.8 Å². The predicted octanol–water partition coefficient (Wildman–Crippen LogP) is 3.70. The predicted molar refractivity (Wildman–Crippen MR) is 67.3 cm³/mol. The molecule has 14 heavy (non-hydrogen) atoms. The highest BCUT2D eigenvalue weighted by Gasteiger charge is 2.07. The van der Waals surface area contributed by atoms with Gasteiger partial charge in [-0.25, -0.2) is 0 Å². The zero-order chi connectivity index (χ0) is 9.68. The molecular formula is C11H18ClNS. The lowest BCUT2D eigenvalue weighted by molar-refractivity contribution is 0.673. The number of rotatable bonds is 5. The lowest BCUT2D eigenvalue weighted by atomic mass is 10.1. The van der Waals surface area contributed by atoms with Crippen molar-refractivity contribution in [2.45, 2.75) is 32.2 Å². The summed E-state index contributed by atoms with van der Waals surface area (Å²) in [5.41, 5.74) is 6.01. The van der Waals surface area contributed by atoms with Gasteiger partial charge in [0.25, 0.3) is 0 Å². The molecule has 3 heteroatoms. The van der Waals surface area contributed by atoms with Crippen molar-refractivity contribution < 1.29 is 0 Å². The molecule has 1 rings (SSSR count). The second-order valence-corrected chi connectivity index (χ2v) is 4.33. The number of hydrogen-bond donors (Lipinski definition) is 1. The van der Waals surface area contributed by atoms with Gasteiger partial charge in [0.05, 0.1) is 0 Å². The Hall–Kier alpha value is -0.310. The second-order valence-electron chi connectivity index (χ2n) is 3.13. The van der Waals surface area contributed by atoms with Gasteiger partial charge >= 0.3 is 0 Å². The third-order valence-electron chi connectivity index (χ3n) is 2.08. The summed E-state index contributed by atoms with van der Waals surface area (Å²) in [5.74, 6) is 0. The number of halogens is 1. The minimum atomic E-state index is 0. The smallest absolute Gasteiger partial charge is 0.0392 e. The molecule has 0 aliphatic carbocycles. The first-order chi connectivity index (χ1) is 6.27. The highest BCUT2D eigenvalue weighted by molar-refractivity contribution is 7.12. The van der Waals surface area contributed by atoms with Crippen molar-refractivity contribution in [3.8, 4) is 0 Å². The zero-order valence-corrected chi connectivity index (χ0v) is 10.2. The molecule has 0 fully saturated rings. The minimum Gasteiger partial charge on any atom is -0.323 e. The maximum absolute atomic E-state index is 6.01. The molecule has 0 aliphatic rings. The van der Waals surface area contributed by atoms with E-state index < -0.39 is 0 Å². The Kier molecular flexibility index (Phi) is 6.89. The fourth-order valence-corrected chi connectivity index (χ4v) is 2.21. The lowest BCUT2D eigenvalue weighted by Gasteiger charge is -2.06. The molecule has 1 nitrogen and oxygen atoms in total. The normalized spacial score (nSPS) is 11.9. The summed E-state index contributed by atoms with van der Waals surface area (Å²) < 4.78 is 0. The quantitative estimate of drug-likeness (QED) is 0.769. The Morgan fingerprint density at radius 2 is 2.29 bits per heavy atom. The molecule has 1 atom stereocenters. The number of thiophene rings is 1. The van der Waals surface area contributed by atoms with Crippen molar-refractivity contribution >= 4 is 23.7 Å². The van der Waals surface area contributed by atoms with Gasteiger partial charge < -0.3 is 5.73 Å². The summed E-state index contributed by atoms with van der Waals surface area (Å²) in [6, 6.07) is 4.52. The van der Waals surface area contributed by atoms with Gasteiger partial charge in [0.15, 0.2) is 0 Å². The average molecular weight is 232 g/mol. The molecule has 0 spiro atoms. The van der Waals surface area contributed by atoms with Crippen LogP contribution >= 0.6 is 23.7 Å². The topological polar surface area (TPSA) is 26.0 Å². The van der Waals surface area contributed by atoms with Crippen molar-refractivity contribution in [3.05, 3.63) is 34.5 Å². The number of nitrogens with two attached hydrogens (primary N) is 1. The Labute approximate surface area is 96.4 Å². The fraction of sp³-hybridized carbons (Fsp3) is 0.455. The molecule has 0 saturated heterocycles. The van der Waals surface area contributed by atoms with Gasteiger partial charge in [0.2, 0.25) is 0 Å². The summed E-state index contributed by atoms with van der Waals surface area (Å²) in [6.45, 7) is 5.87. The molecule has 80 valence electrons. The Morgan fingerprint density at radius 1 is 1.57 bits per heavy atom. The molecule has 0 radical (unpaired) electrons. The number of aryl methyl sites for hydroxylation is 1. The molecule has 0 saturated carbocycles. The lowest BCUT2D eigenvalue weighted by Crippen LogP contribution is -2.07. The van der Waals surface area contributed by atoms with Gasteiger partial charge in [-0.1, -0.05) is 13.0 Å². The molecule has 1 aromatic heterocycles. The van der Waals surface area contributed by atoms with Crippen LogP contribution in [-0.2, 0) is 6.42 Å². The number of allylic oxidation sites excluding steroid dienone is 1. The van der Waals surface area contributed by atoms with Crippen molar-refractivity contribution in [3.63, 3.8) is 0 Å². The second kappa shape index (κ2) is 7.04. The van der Waals surface area contributed by atoms with E-state index in [9.17, 15) is 0 Å². The van der Waals surface area contributed by atoms with Gasteiger partial charge in [0.1, 0.15) is 0 Å². The van der Waals surface area contributed by atoms with Crippen LogP contribution in [-0.4, -0.2) is 0 Å². The summed E-state index contributed by atoms with van der Waals surface area (Å²) >= 11 is 1.83. The maximum Gasteiger partial charge on any atom is 0.0392 e. The largest absolute Gasteiger partial charge is 0.323 e. The standard InChI is InChI=1S/C11H17NS.ClH/c1-3-5-6-10(12)11-8-7-9(4-2)13-11;/h3,7-8,10H,1,4-6,12H2,2H3;1H/t10-;/m0./s1. The van der Waals surface area contributed by atoms with Crippen molar-refractivity contribution in [1.29, 1.82) is 0 Å². The first-order valence-electron chi connectivity index (χ1n) is 4.73. The summed E-state index contributed by atoms with van der Waals surface area (Å²) in [5, 5.41) is 0. The molecule has 1 aromatic rings. The van der Waals surface area contributed by atoms with Crippen LogP contribution in [0.3, 0.4) is 0 Å². The van der Waals surface area contributed by atoms with Gasteiger partial charge in [-0.3, -0.25) is 0 Å². The van der Waals surface area contributed by atoms with E-state index in [-0.39, 0.29) is 18.4 Å². The van der Waals surface area contributed by atoms with Gasteiger partial charge in [-0.15, -0.1) is 30.3 Å². The third kappa shape index (κ3) is 3.82. The monoisotopic (exact) mass is 231 g/mol. The first kappa shape index (κ1) is 13.7. The van der Waals surface area contributed by atoms with Crippen LogP contribution in [0.25, 0.3) is 0 Å². The van der Waals surface area contributed by atoms with E-state index in [2.05, 4.69) is 25.6 Å². The van der Waals surface area contributed by atoms with E-state index in [4.69, 9.17) is 5.73 Å². The Balaban J connectivity index is 0.00000169. The van der Waals surface area contributed by atoms with E-state index in [0.29, 0.717) is 0 Å². The van der Waals surface area contributed by atoms with E-state index in [1.165, 1.54) is 9.75 Å². The number of hydrogen-bond acceptors (Lipinski definition) is 2. The van der Waals surface area contributed by atoms with Crippen LogP contribution in [0, 0.1) is 0 Å².